The zero-order valence-corrected chi connectivity index (χ0v) is 11.6. The summed E-state index contributed by atoms with van der Waals surface area (Å²) in [7, 11) is 0. The lowest BCUT2D eigenvalue weighted by atomic mass is 9.91. The number of aliphatic hydroxyl groups excluding tert-OH is 1. The van der Waals surface area contributed by atoms with Crippen LogP contribution in [0.3, 0.4) is 0 Å². The van der Waals surface area contributed by atoms with E-state index in [-0.39, 0.29) is 0 Å². The van der Waals surface area contributed by atoms with Crippen molar-refractivity contribution in [1.82, 2.24) is 0 Å². The molecule has 0 spiro atoms. The summed E-state index contributed by atoms with van der Waals surface area (Å²) in [5.41, 5.74) is 7.08. The van der Waals surface area contributed by atoms with Crippen LogP contribution in [0.2, 0.25) is 5.02 Å². The third kappa shape index (κ3) is 2.79. The molecule has 1 aromatic rings. The molecule has 18 heavy (non-hydrogen) atoms. The molecule has 1 aliphatic rings. The number of hydrogen-bond acceptors (Lipinski definition) is 3. The third-order valence-corrected chi connectivity index (χ3v) is 3.53. The molecule has 1 aliphatic heterocycles. The van der Waals surface area contributed by atoms with Gasteiger partial charge in [-0.3, -0.25) is 0 Å². The summed E-state index contributed by atoms with van der Waals surface area (Å²) in [4.78, 5) is 0. The number of aliphatic hydroxyl groups is 1. The quantitative estimate of drug-likeness (QED) is 0.868. The van der Waals surface area contributed by atoms with Crippen molar-refractivity contribution in [2.75, 3.05) is 6.61 Å². The first kappa shape index (κ1) is 13.7. The predicted octanol–water partition coefficient (Wildman–Crippen LogP) is 2.83. The highest BCUT2D eigenvalue weighted by Gasteiger charge is 2.26. The maximum absolute atomic E-state index is 10.2. The van der Waals surface area contributed by atoms with E-state index in [4.69, 9.17) is 22.1 Å². The number of ether oxygens (including phenoxy) is 1. The minimum absolute atomic E-state index is 0.563. The Labute approximate surface area is 113 Å². The van der Waals surface area contributed by atoms with Gasteiger partial charge in [0.05, 0.1) is 17.7 Å². The van der Waals surface area contributed by atoms with Crippen LogP contribution in [0.5, 0.6) is 5.75 Å². The van der Waals surface area contributed by atoms with E-state index < -0.39 is 11.6 Å². The zero-order valence-electron chi connectivity index (χ0n) is 10.9. The molecule has 0 saturated heterocycles. The van der Waals surface area contributed by atoms with Gasteiger partial charge in [-0.2, -0.15) is 0 Å². The van der Waals surface area contributed by atoms with Crippen LogP contribution >= 0.6 is 11.6 Å². The molecule has 0 aliphatic carbocycles. The number of benzene rings is 1. The molecule has 1 unspecified atom stereocenters. The van der Waals surface area contributed by atoms with Crippen molar-refractivity contribution in [3.8, 4) is 5.75 Å². The Morgan fingerprint density at radius 2 is 2.11 bits per heavy atom. The Hall–Kier alpha value is -0.770. The molecule has 2 rings (SSSR count). The Kier molecular flexibility index (Phi) is 3.85. The lowest BCUT2D eigenvalue weighted by Crippen LogP contribution is -2.39. The van der Waals surface area contributed by atoms with Crippen LogP contribution in [0, 0.1) is 0 Å². The number of fused-ring (bicyclic) bond motifs is 1. The highest BCUT2D eigenvalue weighted by atomic mass is 35.5. The maximum Gasteiger partial charge on any atom is 0.141 e. The number of aryl methyl sites for hydroxylation is 1. The van der Waals surface area contributed by atoms with E-state index in [0.717, 1.165) is 36.1 Å². The second-order valence-corrected chi connectivity index (χ2v) is 5.93. The van der Waals surface area contributed by atoms with Gasteiger partial charge in [-0.05, 0) is 56.4 Å². The number of nitrogens with two attached hydrogens (primary N) is 1. The van der Waals surface area contributed by atoms with Crippen LogP contribution in [-0.2, 0) is 6.42 Å². The topological polar surface area (TPSA) is 55.5 Å². The first-order valence-corrected chi connectivity index (χ1v) is 6.69. The first-order chi connectivity index (χ1) is 8.39. The van der Waals surface area contributed by atoms with E-state index in [1.807, 2.05) is 6.07 Å². The normalized spacial score (nSPS) is 17.6. The molecule has 0 amide bonds. The molecule has 1 aromatic carbocycles. The second-order valence-electron chi connectivity index (χ2n) is 5.52. The molecule has 1 heterocycles. The fourth-order valence-electron chi connectivity index (χ4n) is 2.20. The molecule has 3 nitrogen and oxygen atoms in total. The van der Waals surface area contributed by atoms with E-state index in [9.17, 15) is 5.11 Å². The summed E-state index contributed by atoms with van der Waals surface area (Å²) < 4.78 is 5.65. The highest BCUT2D eigenvalue weighted by molar-refractivity contribution is 6.32. The van der Waals surface area contributed by atoms with Crippen LogP contribution in [0.1, 0.15) is 43.9 Å². The molecule has 0 saturated carbocycles. The van der Waals surface area contributed by atoms with Gasteiger partial charge in [-0.1, -0.05) is 11.6 Å². The second kappa shape index (κ2) is 5.08. The fourth-order valence-corrected chi connectivity index (χ4v) is 2.50. The van der Waals surface area contributed by atoms with Gasteiger partial charge in [0.15, 0.2) is 0 Å². The molecule has 3 N–H and O–H groups in total. The standard InChI is InChI=1S/C14H20ClNO2/c1-14(2,16)13(17)10-7-9-5-3-4-6-18-12(9)11(15)8-10/h7-8,13,17H,3-6,16H2,1-2H3. The van der Waals surface area contributed by atoms with E-state index in [1.165, 1.54) is 0 Å². The average molecular weight is 270 g/mol. The van der Waals surface area contributed by atoms with Crippen molar-refractivity contribution in [1.29, 1.82) is 0 Å². The van der Waals surface area contributed by atoms with Crippen molar-refractivity contribution in [2.24, 2.45) is 5.73 Å². The summed E-state index contributed by atoms with van der Waals surface area (Å²) in [6.45, 7) is 4.30. The Morgan fingerprint density at radius 1 is 1.39 bits per heavy atom. The van der Waals surface area contributed by atoms with Crippen molar-refractivity contribution in [3.63, 3.8) is 0 Å². The maximum atomic E-state index is 10.2. The number of rotatable bonds is 2. The highest BCUT2D eigenvalue weighted by Crippen LogP contribution is 2.36. The first-order valence-electron chi connectivity index (χ1n) is 6.31. The molecule has 0 radical (unpaired) electrons. The third-order valence-electron chi connectivity index (χ3n) is 3.25. The molecular weight excluding hydrogens is 250 g/mol. The summed E-state index contributed by atoms with van der Waals surface area (Å²) in [6.07, 6.45) is 2.31. The summed E-state index contributed by atoms with van der Waals surface area (Å²) in [5.74, 6) is 0.764. The van der Waals surface area contributed by atoms with Crippen molar-refractivity contribution >= 4 is 11.6 Å². The van der Waals surface area contributed by atoms with Gasteiger partial charge >= 0.3 is 0 Å². The molecule has 4 heteroatoms. The molecule has 100 valence electrons. The van der Waals surface area contributed by atoms with Gasteiger partial charge in [0.25, 0.3) is 0 Å². The Balaban J connectivity index is 2.40. The molecule has 1 atom stereocenters. The largest absolute Gasteiger partial charge is 0.492 e. The molecule has 0 aromatic heterocycles. The lowest BCUT2D eigenvalue weighted by molar-refractivity contribution is 0.104. The fraction of sp³-hybridized carbons (Fsp3) is 0.571. The monoisotopic (exact) mass is 269 g/mol. The minimum atomic E-state index is -0.733. The average Bonchev–Trinajstić information content (AvgIpc) is 2.52. The van der Waals surface area contributed by atoms with E-state index in [1.54, 1.807) is 19.9 Å². The summed E-state index contributed by atoms with van der Waals surface area (Å²) in [6, 6.07) is 3.72. The van der Waals surface area contributed by atoms with Gasteiger partial charge in [0.2, 0.25) is 0 Å². The van der Waals surface area contributed by atoms with Crippen LogP contribution in [0.4, 0.5) is 0 Å². The summed E-state index contributed by atoms with van der Waals surface area (Å²) in [5, 5.41) is 10.8. The van der Waals surface area contributed by atoms with E-state index >= 15 is 0 Å². The van der Waals surface area contributed by atoms with Crippen LogP contribution in [0.15, 0.2) is 12.1 Å². The molecule has 0 fully saturated rings. The van der Waals surface area contributed by atoms with Crippen LogP contribution in [0.25, 0.3) is 0 Å². The SMILES string of the molecule is CC(C)(N)C(O)c1cc(Cl)c2c(c1)CCCCO2. The van der Waals surface area contributed by atoms with Gasteiger partial charge < -0.3 is 15.6 Å². The minimum Gasteiger partial charge on any atom is -0.492 e. The van der Waals surface area contributed by atoms with Gasteiger partial charge in [-0.25, -0.2) is 0 Å². The zero-order chi connectivity index (χ0) is 13.3. The summed E-state index contributed by atoms with van der Waals surface area (Å²) >= 11 is 6.24. The number of halogens is 1. The Bertz CT molecular complexity index is 440. The van der Waals surface area contributed by atoms with E-state index in [0.29, 0.717) is 11.6 Å². The van der Waals surface area contributed by atoms with Gasteiger partial charge in [-0.15, -0.1) is 0 Å². The van der Waals surface area contributed by atoms with Crippen molar-refractivity contribution < 1.29 is 9.84 Å². The Morgan fingerprint density at radius 3 is 2.78 bits per heavy atom. The van der Waals surface area contributed by atoms with E-state index in [2.05, 4.69) is 0 Å². The van der Waals surface area contributed by atoms with Crippen LogP contribution in [-0.4, -0.2) is 17.3 Å². The van der Waals surface area contributed by atoms with Crippen LogP contribution < -0.4 is 10.5 Å². The smallest absolute Gasteiger partial charge is 0.141 e. The van der Waals surface area contributed by atoms with Gasteiger partial charge in [0.1, 0.15) is 5.75 Å². The number of hydrogen-bond donors (Lipinski definition) is 2. The molecule has 0 bridgehead atoms. The van der Waals surface area contributed by atoms with Gasteiger partial charge in [0, 0.05) is 5.54 Å². The molecular formula is C14H20ClNO2. The predicted molar refractivity (Wildman–Crippen MR) is 73.1 cm³/mol. The van der Waals surface area contributed by atoms with Crippen molar-refractivity contribution in [3.05, 3.63) is 28.3 Å². The van der Waals surface area contributed by atoms with Crippen molar-refractivity contribution in [2.45, 2.75) is 44.8 Å². The lowest BCUT2D eigenvalue weighted by Gasteiger charge is -2.27.